The zero-order valence-electron chi connectivity index (χ0n) is 17.0. The molecule has 0 aliphatic rings. The van der Waals surface area contributed by atoms with Crippen LogP contribution < -0.4 is 10.1 Å². The summed E-state index contributed by atoms with van der Waals surface area (Å²) in [7, 11) is 1.70. The summed E-state index contributed by atoms with van der Waals surface area (Å²) in [6.45, 7) is 4.54. The first kappa shape index (κ1) is 21.7. The van der Waals surface area contributed by atoms with Crippen LogP contribution >= 0.6 is 0 Å². The van der Waals surface area contributed by atoms with E-state index in [1.807, 2.05) is 6.92 Å². The van der Waals surface area contributed by atoms with Gasteiger partial charge in [0, 0.05) is 19.2 Å². The number of aromatic nitrogens is 2. The Morgan fingerprint density at radius 2 is 2.07 bits per heavy atom. The Balaban J connectivity index is 1.81. The highest BCUT2D eigenvalue weighted by Gasteiger charge is 2.14. The summed E-state index contributed by atoms with van der Waals surface area (Å²) in [5, 5.41) is 6.88. The Bertz CT molecular complexity index is 799. The normalized spacial score (nSPS) is 11.1. The molecule has 0 spiro atoms. The van der Waals surface area contributed by atoms with Crippen LogP contribution in [-0.2, 0) is 13.6 Å². The smallest absolute Gasteiger partial charge is 0.269 e. The summed E-state index contributed by atoms with van der Waals surface area (Å²) in [5.74, 6) is -0.485. The van der Waals surface area contributed by atoms with Gasteiger partial charge in [-0.15, -0.1) is 0 Å². The fourth-order valence-electron chi connectivity index (χ4n) is 2.84. The first-order chi connectivity index (χ1) is 13.5. The Kier molecular flexibility index (Phi) is 8.72. The Labute approximate surface area is 166 Å². The van der Waals surface area contributed by atoms with Crippen molar-refractivity contribution in [3.63, 3.8) is 0 Å². The number of rotatable bonds is 11. The minimum absolute atomic E-state index is 0.0916. The van der Waals surface area contributed by atoms with Gasteiger partial charge in [-0.2, -0.15) is 5.10 Å². The van der Waals surface area contributed by atoms with Crippen LogP contribution in [0.2, 0.25) is 0 Å². The van der Waals surface area contributed by atoms with Crippen molar-refractivity contribution >= 4 is 5.91 Å². The standard InChI is InChI=1S/C22H30FN3O2/c1-4-5-6-7-8-9-10-14-28-20-13-11-12-18(21(20)23)16-24-22(27)19-15-17(2)25-26(19)3/h6-7,11-13,15H,4-5,8-10,14,16H2,1-3H3,(H,24,27). The molecule has 0 aliphatic heterocycles. The highest BCUT2D eigenvalue weighted by atomic mass is 19.1. The number of hydrogen-bond acceptors (Lipinski definition) is 3. The van der Waals surface area contributed by atoms with Crippen molar-refractivity contribution in [1.82, 2.24) is 15.1 Å². The molecule has 0 aliphatic carbocycles. The van der Waals surface area contributed by atoms with Crippen LogP contribution in [0, 0.1) is 12.7 Å². The fourth-order valence-corrected chi connectivity index (χ4v) is 2.84. The molecule has 1 amide bonds. The lowest BCUT2D eigenvalue weighted by Gasteiger charge is -2.11. The number of ether oxygens (including phenoxy) is 1. The van der Waals surface area contributed by atoms with Crippen molar-refractivity contribution in [2.24, 2.45) is 7.05 Å². The third-order valence-corrected chi connectivity index (χ3v) is 4.36. The number of aryl methyl sites for hydroxylation is 2. The summed E-state index contributed by atoms with van der Waals surface area (Å²) in [6.07, 6.45) is 9.58. The van der Waals surface area contributed by atoms with Gasteiger partial charge in [-0.25, -0.2) is 4.39 Å². The molecule has 0 unspecified atom stereocenters. The number of carbonyl (C=O) groups excluding carboxylic acids is 1. The molecular formula is C22H30FN3O2. The predicted octanol–water partition coefficient (Wildman–Crippen LogP) is 4.70. The number of carbonyl (C=O) groups is 1. The Morgan fingerprint density at radius 3 is 2.79 bits per heavy atom. The number of benzene rings is 1. The minimum Gasteiger partial charge on any atom is -0.491 e. The molecule has 0 fully saturated rings. The highest BCUT2D eigenvalue weighted by Crippen LogP contribution is 2.21. The highest BCUT2D eigenvalue weighted by molar-refractivity contribution is 5.92. The first-order valence-corrected chi connectivity index (χ1v) is 9.87. The lowest BCUT2D eigenvalue weighted by Crippen LogP contribution is -2.25. The monoisotopic (exact) mass is 387 g/mol. The molecule has 6 heteroatoms. The predicted molar refractivity (Wildman–Crippen MR) is 109 cm³/mol. The Hall–Kier alpha value is -2.63. The molecule has 28 heavy (non-hydrogen) atoms. The maximum atomic E-state index is 14.6. The summed E-state index contributed by atoms with van der Waals surface area (Å²) < 4.78 is 21.7. The van der Waals surface area contributed by atoms with Crippen molar-refractivity contribution in [2.45, 2.75) is 52.5 Å². The van der Waals surface area contributed by atoms with E-state index in [2.05, 4.69) is 29.5 Å². The molecule has 0 saturated carbocycles. The molecule has 0 radical (unpaired) electrons. The van der Waals surface area contributed by atoms with E-state index in [4.69, 9.17) is 4.74 Å². The second-order valence-electron chi connectivity index (χ2n) is 6.81. The lowest BCUT2D eigenvalue weighted by atomic mass is 10.2. The minimum atomic E-state index is -0.424. The van der Waals surface area contributed by atoms with Gasteiger partial charge in [0.05, 0.1) is 12.3 Å². The topological polar surface area (TPSA) is 56.1 Å². The first-order valence-electron chi connectivity index (χ1n) is 9.87. The van der Waals surface area contributed by atoms with Crippen molar-refractivity contribution < 1.29 is 13.9 Å². The number of nitrogens with zero attached hydrogens (tertiary/aromatic N) is 2. The van der Waals surface area contributed by atoms with Crippen molar-refractivity contribution in [3.8, 4) is 5.75 Å². The average molecular weight is 387 g/mol. The quantitative estimate of drug-likeness (QED) is 0.449. The molecule has 2 aromatic rings. The van der Waals surface area contributed by atoms with Gasteiger partial charge in [0.15, 0.2) is 11.6 Å². The summed E-state index contributed by atoms with van der Waals surface area (Å²) >= 11 is 0. The van der Waals surface area contributed by atoms with Gasteiger partial charge in [-0.05, 0) is 44.7 Å². The third-order valence-electron chi connectivity index (χ3n) is 4.36. The number of unbranched alkanes of at least 4 members (excludes halogenated alkanes) is 3. The molecule has 0 atom stereocenters. The van der Waals surface area contributed by atoms with E-state index in [0.717, 1.165) is 37.8 Å². The molecule has 1 aromatic heterocycles. The van der Waals surface area contributed by atoms with E-state index < -0.39 is 5.82 Å². The van der Waals surface area contributed by atoms with Gasteiger partial charge in [0.2, 0.25) is 0 Å². The van der Waals surface area contributed by atoms with Gasteiger partial charge >= 0.3 is 0 Å². The third kappa shape index (κ3) is 6.51. The van der Waals surface area contributed by atoms with E-state index in [1.54, 1.807) is 31.3 Å². The Morgan fingerprint density at radius 1 is 1.29 bits per heavy atom. The van der Waals surface area contributed by atoms with Gasteiger partial charge in [0.25, 0.3) is 5.91 Å². The summed E-state index contributed by atoms with van der Waals surface area (Å²) in [5.41, 5.74) is 1.60. The largest absolute Gasteiger partial charge is 0.491 e. The van der Waals surface area contributed by atoms with Crippen molar-refractivity contribution in [2.75, 3.05) is 6.61 Å². The van der Waals surface area contributed by atoms with Crippen molar-refractivity contribution in [3.05, 3.63) is 59.2 Å². The zero-order valence-corrected chi connectivity index (χ0v) is 17.0. The zero-order chi connectivity index (χ0) is 20.4. The van der Waals surface area contributed by atoms with E-state index in [1.165, 1.54) is 4.68 Å². The van der Waals surface area contributed by atoms with Gasteiger partial charge < -0.3 is 10.1 Å². The number of nitrogens with one attached hydrogen (secondary N) is 1. The summed E-state index contributed by atoms with van der Waals surface area (Å²) in [6, 6.07) is 6.70. The van der Waals surface area contributed by atoms with Crippen LogP contribution in [0.3, 0.4) is 0 Å². The average Bonchev–Trinajstić information content (AvgIpc) is 3.02. The van der Waals surface area contributed by atoms with Crippen LogP contribution in [-0.4, -0.2) is 22.3 Å². The summed E-state index contributed by atoms with van der Waals surface area (Å²) in [4.78, 5) is 12.3. The molecular weight excluding hydrogens is 357 g/mol. The van der Waals surface area contributed by atoms with Gasteiger partial charge in [-0.1, -0.05) is 37.6 Å². The molecule has 0 bridgehead atoms. The van der Waals surface area contributed by atoms with Gasteiger partial charge in [0.1, 0.15) is 5.69 Å². The van der Waals surface area contributed by atoms with E-state index in [-0.39, 0.29) is 18.2 Å². The maximum Gasteiger partial charge on any atom is 0.269 e. The van der Waals surface area contributed by atoms with Crippen LogP contribution in [0.25, 0.3) is 0 Å². The molecule has 5 nitrogen and oxygen atoms in total. The second-order valence-corrected chi connectivity index (χ2v) is 6.81. The molecule has 0 saturated heterocycles. The molecule has 1 aromatic carbocycles. The number of amides is 1. The van der Waals surface area contributed by atoms with Crippen LogP contribution in [0.4, 0.5) is 4.39 Å². The number of hydrogen-bond donors (Lipinski definition) is 1. The number of allylic oxidation sites excluding steroid dienone is 2. The maximum absolute atomic E-state index is 14.6. The number of halogens is 1. The SMILES string of the molecule is CCCC=CCCCCOc1cccc(CNC(=O)c2cc(C)nn2C)c1F. The fraction of sp³-hybridized carbons (Fsp3) is 0.455. The van der Waals surface area contributed by atoms with Gasteiger partial charge in [-0.3, -0.25) is 9.48 Å². The molecule has 1 heterocycles. The lowest BCUT2D eigenvalue weighted by molar-refractivity contribution is 0.0941. The van der Waals surface area contributed by atoms with Crippen LogP contribution in [0.15, 0.2) is 36.4 Å². The van der Waals surface area contributed by atoms with Crippen molar-refractivity contribution in [1.29, 1.82) is 0 Å². The molecule has 152 valence electrons. The molecule has 1 N–H and O–H groups in total. The van der Waals surface area contributed by atoms with E-state index in [0.29, 0.717) is 17.9 Å². The van der Waals surface area contributed by atoms with Crippen LogP contribution in [0.1, 0.15) is 60.8 Å². The molecule has 2 rings (SSSR count). The van der Waals surface area contributed by atoms with E-state index in [9.17, 15) is 9.18 Å². The van der Waals surface area contributed by atoms with Crippen LogP contribution in [0.5, 0.6) is 5.75 Å². The second kappa shape index (κ2) is 11.3. The van der Waals surface area contributed by atoms with E-state index >= 15 is 0 Å².